The number of allylic oxidation sites excluding steroid dienone is 7. The molecule has 1 aliphatic carbocycles. The second-order valence-electron chi connectivity index (χ2n) is 18.1. The van der Waals surface area contributed by atoms with Gasteiger partial charge in [0.05, 0.1) is 33.9 Å². The number of rotatable bonds is 20. The van der Waals surface area contributed by atoms with E-state index in [1.165, 1.54) is 24.3 Å². The average Bonchev–Trinajstić information content (AvgIpc) is 3.82. The predicted molar refractivity (Wildman–Crippen MR) is 264 cm³/mol. The molecule has 0 atom stereocenters. The number of ether oxygens (including phenoxy) is 1. The van der Waals surface area contributed by atoms with Gasteiger partial charge in [-0.3, -0.25) is 18.2 Å². The van der Waals surface area contributed by atoms with Crippen LogP contribution in [0.25, 0.3) is 10.8 Å². The lowest BCUT2D eigenvalue weighted by atomic mass is 9.81. The average molecular weight is 1060 g/mol. The Morgan fingerprint density at radius 2 is 1.40 bits per heavy atom. The van der Waals surface area contributed by atoms with Crippen molar-refractivity contribution >= 4 is 80.4 Å². The number of fused-ring (bicyclic) bond motifs is 3. The van der Waals surface area contributed by atoms with Crippen molar-refractivity contribution < 1.29 is 75.8 Å². The van der Waals surface area contributed by atoms with E-state index in [1.54, 1.807) is 36.4 Å². The molecule has 0 aromatic heterocycles. The van der Waals surface area contributed by atoms with E-state index >= 15 is 0 Å². The molecule has 0 spiro atoms. The van der Waals surface area contributed by atoms with Crippen LogP contribution in [0.3, 0.4) is 0 Å². The highest BCUT2D eigenvalue weighted by Gasteiger charge is 2.45. The Bertz CT molecular complexity index is 3360. The monoisotopic (exact) mass is 1060 g/mol. The summed E-state index contributed by atoms with van der Waals surface area (Å²) in [5, 5.41) is 13.3. The molecule has 0 unspecified atom stereocenters. The zero-order valence-electron chi connectivity index (χ0n) is 38.5. The summed E-state index contributed by atoms with van der Waals surface area (Å²) in [7, 11) is -17.6. The Morgan fingerprint density at radius 3 is 2.07 bits per heavy atom. The summed E-state index contributed by atoms with van der Waals surface area (Å²) < 4.78 is 148. The van der Waals surface area contributed by atoms with E-state index in [-0.39, 0.29) is 40.3 Å². The van der Waals surface area contributed by atoms with Crippen LogP contribution in [0.1, 0.15) is 77.3 Å². The standard InChI is InChI=1S/C47H52N2O16S5/c1-46(2)37-29-33(66-65-64-50)19-21-39(37)48(25-5-7-27-67(51,52)53)43(46)23-17-31-15-16-32(45(31)63-41-13-9-12-36-35(41)11-10-14-42(36)70(60,61)62)18-24-44-47(3,4)38-30-34(69(57,58)59)20-22-40(38)49(44)26-6-8-28-68(54,55)56/h9-14,17-24,29-30H,5-8,15-16,25-28H2,1-4H3,(H4-,50,51,52,53,54,55,56,57,58,59,60,61,62)/p+1. The van der Waals surface area contributed by atoms with E-state index < -0.39 is 62.8 Å². The summed E-state index contributed by atoms with van der Waals surface area (Å²) >= 11 is 0.806. The van der Waals surface area contributed by atoms with E-state index in [0.717, 1.165) is 40.2 Å². The maximum Gasteiger partial charge on any atom is 0.295 e. The second kappa shape index (κ2) is 20.4. The van der Waals surface area contributed by atoms with E-state index in [9.17, 15) is 51.9 Å². The van der Waals surface area contributed by atoms with Gasteiger partial charge in [-0.05, 0) is 117 Å². The molecule has 3 aliphatic rings. The summed E-state index contributed by atoms with van der Waals surface area (Å²) in [6.07, 6.45) is 9.65. The Morgan fingerprint density at radius 1 is 0.714 bits per heavy atom. The molecule has 376 valence electrons. The Labute approximate surface area is 411 Å². The molecule has 0 saturated heterocycles. The SMILES string of the molecule is CC1(C)C(C=CC2=C(Oc3cccc4c(S(=O)(=O)O)cccc34)C(=C/C=C3/N(CCCCS(=O)(=O)O)c4ccc(S(=O)(=O)O)cc4C3(C)C)CC2)=[N+](CCCCS(=O)(=O)O)c2ccc(SOOO)cc21. The van der Waals surface area contributed by atoms with Gasteiger partial charge in [0.15, 0.2) is 5.71 Å². The highest BCUT2D eigenvalue weighted by atomic mass is 32.2. The lowest BCUT2D eigenvalue weighted by molar-refractivity contribution is -0.438. The van der Waals surface area contributed by atoms with Gasteiger partial charge >= 0.3 is 0 Å². The van der Waals surface area contributed by atoms with Crippen LogP contribution in [0.5, 0.6) is 5.75 Å². The van der Waals surface area contributed by atoms with Crippen LogP contribution in [-0.4, -0.2) is 92.0 Å². The minimum absolute atomic E-state index is 0.138. The fourth-order valence-corrected chi connectivity index (χ4v) is 12.1. The molecule has 70 heavy (non-hydrogen) atoms. The maximum absolute atomic E-state index is 12.5. The molecule has 2 heterocycles. The van der Waals surface area contributed by atoms with Gasteiger partial charge in [-0.1, -0.05) is 49.2 Å². The summed E-state index contributed by atoms with van der Waals surface area (Å²) in [6, 6.07) is 19.2. The molecule has 0 saturated carbocycles. The van der Waals surface area contributed by atoms with Gasteiger partial charge in [0.2, 0.25) is 5.69 Å². The minimum Gasteiger partial charge on any atom is -0.456 e. The zero-order valence-corrected chi connectivity index (χ0v) is 42.6. The first-order valence-electron chi connectivity index (χ1n) is 21.9. The van der Waals surface area contributed by atoms with Crippen LogP contribution < -0.4 is 9.64 Å². The van der Waals surface area contributed by atoms with Gasteiger partial charge in [0.1, 0.15) is 22.9 Å². The first-order valence-corrected chi connectivity index (χ1v) is 28.8. The molecule has 4 aromatic rings. The maximum atomic E-state index is 12.5. The molecule has 0 amide bonds. The quantitative estimate of drug-likeness (QED) is 0.0138. The van der Waals surface area contributed by atoms with Crippen LogP contribution in [0, 0.1) is 0 Å². The molecule has 0 radical (unpaired) electrons. The normalized spacial score (nSPS) is 18.3. The minimum atomic E-state index is -4.63. The van der Waals surface area contributed by atoms with Gasteiger partial charge in [0.25, 0.3) is 40.5 Å². The van der Waals surface area contributed by atoms with Gasteiger partial charge in [-0.15, -0.1) is 4.33 Å². The lowest BCUT2D eigenvalue weighted by Gasteiger charge is -2.27. The fourth-order valence-electron chi connectivity index (χ4n) is 9.35. The topological polar surface area (TPSA) is 272 Å². The van der Waals surface area contributed by atoms with Crippen molar-refractivity contribution in [3.05, 3.63) is 131 Å². The van der Waals surface area contributed by atoms with Crippen molar-refractivity contribution in [1.82, 2.24) is 0 Å². The van der Waals surface area contributed by atoms with Crippen LogP contribution in [0.2, 0.25) is 0 Å². The van der Waals surface area contributed by atoms with Gasteiger partial charge < -0.3 is 9.64 Å². The summed E-state index contributed by atoms with van der Waals surface area (Å²) in [5.41, 5.74) is 4.47. The Kier molecular flexibility index (Phi) is 15.5. The predicted octanol–water partition coefficient (Wildman–Crippen LogP) is 8.76. The third-order valence-electron chi connectivity index (χ3n) is 12.7. The van der Waals surface area contributed by atoms with Crippen LogP contribution in [0.15, 0.2) is 134 Å². The molecule has 0 bridgehead atoms. The van der Waals surface area contributed by atoms with E-state index in [0.29, 0.717) is 65.2 Å². The highest BCUT2D eigenvalue weighted by molar-refractivity contribution is 7.94. The smallest absolute Gasteiger partial charge is 0.295 e. The van der Waals surface area contributed by atoms with Crippen molar-refractivity contribution in [2.75, 3.05) is 29.5 Å². The molecular weight excluding hydrogens is 1010 g/mol. The third kappa shape index (κ3) is 11.8. The molecule has 2 aliphatic heterocycles. The van der Waals surface area contributed by atoms with Gasteiger partial charge in [-0.25, -0.2) is 5.26 Å². The molecule has 7 rings (SSSR count). The summed E-state index contributed by atoms with van der Waals surface area (Å²) in [6.45, 7) is 8.51. The van der Waals surface area contributed by atoms with Crippen molar-refractivity contribution in [2.45, 2.75) is 91.7 Å². The Hall–Kier alpha value is -4.76. The van der Waals surface area contributed by atoms with Crippen molar-refractivity contribution in [3.63, 3.8) is 0 Å². The van der Waals surface area contributed by atoms with E-state index in [1.807, 2.05) is 69.0 Å². The van der Waals surface area contributed by atoms with Crippen molar-refractivity contribution in [3.8, 4) is 5.75 Å². The van der Waals surface area contributed by atoms with Crippen LogP contribution in [-0.2, 0) is 60.7 Å². The molecule has 23 heteroatoms. The van der Waals surface area contributed by atoms with E-state index in [2.05, 4.69) is 9.61 Å². The largest absolute Gasteiger partial charge is 0.456 e. The number of hydrogen-bond acceptors (Lipinski definition) is 14. The van der Waals surface area contributed by atoms with Gasteiger partial charge in [0, 0.05) is 63.1 Å². The third-order valence-corrected chi connectivity index (χ3v) is 16.7. The fraction of sp³-hybridized carbons (Fsp3) is 0.340. The first kappa shape index (κ1) is 53.0. The van der Waals surface area contributed by atoms with Crippen molar-refractivity contribution in [1.29, 1.82) is 0 Å². The second-order valence-corrected chi connectivity index (χ2v) is 24.8. The highest BCUT2D eigenvalue weighted by Crippen LogP contribution is 2.49. The number of unbranched alkanes of at least 4 members (excludes halogenated alkanes) is 2. The zero-order chi connectivity index (χ0) is 51.0. The molecule has 0 fully saturated rings. The van der Waals surface area contributed by atoms with Crippen molar-refractivity contribution in [2.24, 2.45) is 0 Å². The summed E-state index contributed by atoms with van der Waals surface area (Å²) in [4.78, 5) is 1.98. The molecule has 4 aromatic carbocycles. The van der Waals surface area contributed by atoms with Gasteiger partial charge in [-0.2, -0.15) is 38.2 Å². The molecular formula is C47H53N2O16S5+. The first-order chi connectivity index (χ1) is 32.7. The van der Waals surface area contributed by atoms with Crippen LogP contribution in [0.4, 0.5) is 11.4 Å². The Balaban J connectivity index is 1.36. The molecule has 5 N–H and O–H groups in total. The number of nitrogens with zero attached hydrogens (tertiary/aromatic N) is 2. The van der Waals surface area contributed by atoms with E-state index in [4.69, 9.17) is 14.3 Å². The summed E-state index contributed by atoms with van der Waals surface area (Å²) in [5.74, 6) is -0.132. The number of anilines is 1. The number of benzene rings is 4. The molecule has 18 nitrogen and oxygen atoms in total. The lowest BCUT2D eigenvalue weighted by Crippen LogP contribution is -2.28. The number of hydrogen-bond donors (Lipinski definition) is 5. The van der Waals surface area contributed by atoms with Crippen LogP contribution >= 0.6 is 12.0 Å².